The smallest absolute Gasteiger partial charge is 0.411 e. The van der Waals surface area contributed by atoms with Crippen LogP contribution in [0.15, 0.2) is 24.3 Å². The number of hydrogen-bond donors (Lipinski definition) is 0. The summed E-state index contributed by atoms with van der Waals surface area (Å²) in [6, 6.07) is 6.59. The van der Waals surface area contributed by atoms with E-state index in [4.69, 9.17) is 9.47 Å². The van der Waals surface area contributed by atoms with Crippen LogP contribution >= 0.6 is 0 Å². The summed E-state index contributed by atoms with van der Waals surface area (Å²) in [7, 11) is 1.31. The molecule has 25 heavy (non-hydrogen) atoms. The third kappa shape index (κ3) is 3.57. The highest BCUT2D eigenvalue weighted by Gasteiger charge is 2.43. The number of nitrogens with zero attached hydrogens (tertiary/aromatic N) is 4. The largest absolute Gasteiger partial charge is 0.467 e. The van der Waals surface area contributed by atoms with Gasteiger partial charge in [-0.25, -0.2) is 9.59 Å². The summed E-state index contributed by atoms with van der Waals surface area (Å²) in [5.74, 6) is -0.468. The van der Waals surface area contributed by atoms with Crippen LogP contribution in [0.25, 0.3) is 11.0 Å². The van der Waals surface area contributed by atoms with E-state index in [1.807, 2.05) is 24.3 Å². The van der Waals surface area contributed by atoms with Crippen molar-refractivity contribution in [1.29, 1.82) is 0 Å². The molecule has 2 atom stereocenters. The van der Waals surface area contributed by atoms with Gasteiger partial charge in [0, 0.05) is 13.0 Å². The van der Waals surface area contributed by atoms with E-state index in [2.05, 4.69) is 10.2 Å². The molecule has 2 aromatic rings. The Bertz CT molecular complexity index is 762. The first kappa shape index (κ1) is 17.2. The fourth-order valence-electron chi connectivity index (χ4n) is 2.90. The molecule has 1 amide bonds. The van der Waals surface area contributed by atoms with E-state index < -0.39 is 23.7 Å². The third-order valence-electron chi connectivity index (χ3n) is 4.01. The average molecular weight is 346 g/mol. The SMILES string of the molecule is COC(=O)[C@@H]1C[C@@H](n2nc3ccccc3n2)CN1C(=O)OC(C)(C)C. The van der Waals surface area contributed by atoms with Crippen LogP contribution in [-0.4, -0.2) is 57.3 Å². The van der Waals surface area contributed by atoms with E-state index in [0.29, 0.717) is 6.42 Å². The van der Waals surface area contributed by atoms with E-state index in [1.54, 1.807) is 25.6 Å². The number of fused-ring (bicyclic) bond motifs is 1. The summed E-state index contributed by atoms with van der Waals surface area (Å²) >= 11 is 0. The Morgan fingerprint density at radius 3 is 2.28 bits per heavy atom. The highest BCUT2D eigenvalue weighted by molar-refractivity contribution is 5.82. The highest BCUT2D eigenvalue weighted by atomic mass is 16.6. The van der Waals surface area contributed by atoms with Gasteiger partial charge >= 0.3 is 12.1 Å². The van der Waals surface area contributed by atoms with Gasteiger partial charge in [0.05, 0.1) is 13.2 Å². The molecular formula is C17H22N4O4. The molecule has 1 aliphatic rings. The van der Waals surface area contributed by atoms with Crippen LogP contribution in [0.3, 0.4) is 0 Å². The fraction of sp³-hybridized carbons (Fsp3) is 0.529. The second-order valence-electron chi connectivity index (χ2n) is 7.07. The van der Waals surface area contributed by atoms with E-state index in [1.165, 1.54) is 12.0 Å². The number of rotatable bonds is 2. The molecule has 0 aliphatic carbocycles. The van der Waals surface area contributed by atoms with Gasteiger partial charge in [-0.2, -0.15) is 15.0 Å². The van der Waals surface area contributed by atoms with Gasteiger partial charge < -0.3 is 9.47 Å². The van der Waals surface area contributed by atoms with Gasteiger partial charge in [-0.1, -0.05) is 12.1 Å². The maximum Gasteiger partial charge on any atom is 0.411 e. The minimum Gasteiger partial charge on any atom is -0.467 e. The molecule has 0 spiro atoms. The zero-order valence-corrected chi connectivity index (χ0v) is 14.8. The number of aromatic nitrogens is 3. The van der Waals surface area contributed by atoms with Crippen molar-refractivity contribution >= 4 is 23.1 Å². The van der Waals surface area contributed by atoms with Crippen molar-refractivity contribution in [3.8, 4) is 0 Å². The molecule has 0 unspecified atom stereocenters. The number of hydrogen-bond acceptors (Lipinski definition) is 6. The van der Waals surface area contributed by atoms with Gasteiger partial charge in [0.15, 0.2) is 0 Å². The van der Waals surface area contributed by atoms with Crippen molar-refractivity contribution in [2.45, 2.75) is 44.9 Å². The van der Waals surface area contributed by atoms with Crippen LogP contribution in [0, 0.1) is 0 Å². The van der Waals surface area contributed by atoms with Gasteiger partial charge in [-0.05, 0) is 32.9 Å². The summed E-state index contributed by atoms with van der Waals surface area (Å²) in [5.41, 5.74) is 0.898. The molecule has 1 aliphatic heterocycles. The summed E-state index contributed by atoms with van der Waals surface area (Å²) in [5, 5.41) is 8.91. The predicted octanol–water partition coefficient (Wildman–Crippen LogP) is 2.15. The molecule has 1 fully saturated rings. The Morgan fingerprint density at radius 1 is 1.16 bits per heavy atom. The zero-order chi connectivity index (χ0) is 18.2. The molecule has 0 radical (unpaired) electrons. The van der Waals surface area contributed by atoms with Gasteiger partial charge in [0.2, 0.25) is 0 Å². The lowest BCUT2D eigenvalue weighted by atomic mass is 10.2. The quantitative estimate of drug-likeness (QED) is 0.775. The predicted molar refractivity (Wildman–Crippen MR) is 89.9 cm³/mol. The first-order chi connectivity index (χ1) is 11.8. The maximum atomic E-state index is 12.5. The van der Waals surface area contributed by atoms with Crippen LogP contribution < -0.4 is 0 Å². The molecule has 2 heterocycles. The van der Waals surface area contributed by atoms with Crippen molar-refractivity contribution in [1.82, 2.24) is 19.9 Å². The molecule has 1 saturated heterocycles. The van der Waals surface area contributed by atoms with Crippen LogP contribution in [0.2, 0.25) is 0 Å². The van der Waals surface area contributed by atoms with Crippen molar-refractivity contribution in [3.05, 3.63) is 24.3 Å². The lowest BCUT2D eigenvalue weighted by molar-refractivity contribution is -0.145. The topological polar surface area (TPSA) is 86.6 Å². The molecule has 0 saturated carbocycles. The highest BCUT2D eigenvalue weighted by Crippen LogP contribution is 2.29. The van der Waals surface area contributed by atoms with E-state index in [9.17, 15) is 9.59 Å². The second kappa shape index (κ2) is 6.34. The molecule has 8 heteroatoms. The lowest BCUT2D eigenvalue weighted by Crippen LogP contribution is -2.43. The monoisotopic (exact) mass is 346 g/mol. The second-order valence-corrected chi connectivity index (χ2v) is 7.07. The van der Waals surface area contributed by atoms with E-state index >= 15 is 0 Å². The van der Waals surface area contributed by atoms with Crippen molar-refractivity contribution in [2.24, 2.45) is 0 Å². The minimum absolute atomic E-state index is 0.219. The number of methoxy groups -OCH3 is 1. The van der Waals surface area contributed by atoms with Gasteiger partial charge in [0.1, 0.15) is 22.7 Å². The number of ether oxygens (including phenoxy) is 2. The van der Waals surface area contributed by atoms with Gasteiger partial charge in [-0.3, -0.25) is 4.90 Å². The Morgan fingerprint density at radius 2 is 1.76 bits per heavy atom. The molecule has 3 rings (SSSR count). The lowest BCUT2D eigenvalue weighted by Gasteiger charge is -2.27. The maximum absolute atomic E-state index is 12.5. The molecular weight excluding hydrogens is 324 g/mol. The van der Waals surface area contributed by atoms with Crippen molar-refractivity contribution in [3.63, 3.8) is 0 Å². The molecule has 0 bridgehead atoms. The first-order valence-corrected chi connectivity index (χ1v) is 8.17. The number of likely N-dealkylation sites (tertiary alicyclic amines) is 1. The average Bonchev–Trinajstić information content (AvgIpc) is 3.16. The Balaban J connectivity index is 1.85. The molecule has 1 aromatic carbocycles. The summed E-state index contributed by atoms with van der Waals surface area (Å²) < 4.78 is 10.3. The summed E-state index contributed by atoms with van der Waals surface area (Å²) in [4.78, 5) is 27.6. The molecule has 1 aromatic heterocycles. The number of amides is 1. The first-order valence-electron chi connectivity index (χ1n) is 8.17. The summed E-state index contributed by atoms with van der Waals surface area (Å²) in [6.07, 6.45) is -0.158. The van der Waals surface area contributed by atoms with Crippen LogP contribution in [0.1, 0.15) is 33.2 Å². The number of esters is 1. The Hall–Kier alpha value is -2.64. The van der Waals surface area contributed by atoms with Crippen molar-refractivity contribution < 1.29 is 19.1 Å². The standard InChI is InChI=1S/C17H22N4O4/c1-17(2,3)25-16(23)20-10-11(9-14(20)15(22)24-4)21-18-12-7-5-6-8-13(12)19-21/h5-8,11,14H,9-10H2,1-4H3/t11-,14+/m1/s1. The number of carbonyl (C=O) groups excluding carboxylic acids is 2. The van der Waals surface area contributed by atoms with Crippen LogP contribution in [0.4, 0.5) is 4.79 Å². The zero-order valence-electron chi connectivity index (χ0n) is 14.8. The summed E-state index contributed by atoms with van der Waals surface area (Å²) in [6.45, 7) is 5.64. The Labute approximate surface area is 145 Å². The normalized spacial score (nSPS) is 20.7. The van der Waals surface area contributed by atoms with E-state index in [0.717, 1.165) is 11.0 Å². The Kier molecular flexibility index (Phi) is 4.36. The van der Waals surface area contributed by atoms with Crippen LogP contribution in [0.5, 0.6) is 0 Å². The minimum atomic E-state index is -0.709. The number of benzene rings is 1. The fourth-order valence-corrected chi connectivity index (χ4v) is 2.90. The molecule has 134 valence electrons. The molecule has 8 nitrogen and oxygen atoms in total. The van der Waals surface area contributed by atoms with Crippen molar-refractivity contribution in [2.75, 3.05) is 13.7 Å². The molecule has 0 N–H and O–H groups in total. The van der Waals surface area contributed by atoms with E-state index in [-0.39, 0.29) is 12.6 Å². The third-order valence-corrected chi connectivity index (χ3v) is 4.01. The van der Waals surface area contributed by atoms with Crippen LogP contribution in [-0.2, 0) is 14.3 Å². The van der Waals surface area contributed by atoms with Gasteiger partial charge in [0.25, 0.3) is 0 Å². The van der Waals surface area contributed by atoms with Gasteiger partial charge in [-0.15, -0.1) is 0 Å². The number of carbonyl (C=O) groups is 2.